The molecule has 2 heteroatoms. The van der Waals surface area contributed by atoms with E-state index in [2.05, 4.69) is 11.6 Å². The van der Waals surface area contributed by atoms with Gasteiger partial charge in [-0.25, -0.2) is 4.99 Å². The Labute approximate surface area is 55.6 Å². The lowest BCUT2D eigenvalue weighted by molar-refractivity contribution is 0.400. The van der Waals surface area contributed by atoms with Crippen molar-refractivity contribution in [1.82, 2.24) is 0 Å². The van der Waals surface area contributed by atoms with Crippen LogP contribution in [0.4, 0.5) is 0 Å². The Morgan fingerprint density at radius 1 is 1.67 bits per heavy atom. The van der Waals surface area contributed by atoms with Crippen LogP contribution in [0.1, 0.15) is 6.92 Å². The van der Waals surface area contributed by atoms with E-state index in [1.54, 1.807) is 32.4 Å². The second-order valence-corrected chi connectivity index (χ2v) is 1.43. The van der Waals surface area contributed by atoms with Gasteiger partial charge >= 0.3 is 0 Å². The van der Waals surface area contributed by atoms with E-state index in [0.717, 1.165) is 0 Å². The third kappa shape index (κ3) is 4.81. The molecule has 0 aliphatic heterocycles. The summed E-state index contributed by atoms with van der Waals surface area (Å²) in [6, 6.07) is 0. The van der Waals surface area contributed by atoms with Gasteiger partial charge in [0.25, 0.3) is 0 Å². The van der Waals surface area contributed by atoms with Crippen LogP contribution in [0.25, 0.3) is 0 Å². The Hall–Kier alpha value is -1.05. The van der Waals surface area contributed by atoms with Crippen molar-refractivity contribution in [1.29, 1.82) is 0 Å². The van der Waals surface area contributed by atoms with Crippen LogP contribution >= 0.6 is 0 Å². The Balaban J connectivity index is 3.67. The van der Waals surface area contributed by atoms with Gasteiger partial charge in [-0.1, -0.05) is 12.7 Å². The Morgan fingerprint density at radius 2 is 2.33 bits per heavy atom. The lowest BCUT2D eigenvalue weighted by Gasteiger charge is -1.91. The molecule has 0 spiro atoms. The number of methoxy groups -OCH3 is 1. The molecular formula is C7H11NO. The zero-order chi connectivity index (χ0) is 7.11. The summed E-state index contributed by atoms with van der Waals surface area (Å²) in [5, 5.41) is 0. The van der Waals surface area contributed by atoms with Crippen LogP contribution in [0, 0.1) is 0 Å². The SMILES string of the molecule is C=C/C=C\N=C(C)OC. The maximum absolute atomic E-state index is 4.76. The largest absolute Gasteiger partial charge is 0.484 e. The topological polar surface area (TPSA) is 21.6 Å². The van der Waals surface area contributed by atoms with Gasteiger partial charge in [0.05, 0.1) is 7.11 Å². The van der Waals surface area contributed by atoms with Crippen LogP contribution in [-0.4, -0.2) is 13.0 Å². The highest BCUT2D eigenvalue weighted by molar-refractivity contribution is 5.73. The number of rotatable bonds is 2. The van der Waals surface area contributed by atoms with Gasteiger partial charge in [0.1, 0.15) is 0 Å². The molecular weight excluding hydrogens is 114 g/mol. The average molecular weight is 125 g/mol. The minimum Gasteiger partial charge on any atom is -0.484 e. The zero-order valence-corrected chi connectivity index (χ0v) is 5.79. The van der Waals surface area contributed by atoms with E-state index in [1.807, 2.05) is 0 Å². The highest BCUT2D eigenvalue weighted by Crippen LogP contribution is 1.80. The molecule has 0 aromatic carbocycles. The third-order valence-corrected chi connectivity index (χ3v) is 0.774. The van der Waals surface area contributed by atoms with Crippen LogP contribution in [0.3, 0.4) is 0 Å². The number of aliphatic imine (C=N–C) groups is 1. The van der Waals surface area contributed by atoms with E-state index in [1.165, 1.54) is 0 Å². The van der Waals surface area contributed by atoms with E-state index in [0.29, 0.717) is 5.90 Å². The van der Waals surface area contributed by atoms with Gasteiger partial charge in [0.2, 0.25) is 0 Å². The second-order valence-electron chi connectivity index (χ2n) is 1.43. The van der Waals surface area contributed by atoms with Crippen molar-refractivity contribution in [3.05, 3.63) is 24.9 Å². The van der Waals surface area contributed by atoms with E-state index >= 15 is 0 Å². The van der Waals surface area contributed by atoms with Gasteiger partial charge in [-0.3, -0.25) is 0 Å². The number of hydrogen-bond acceptors (Lipinski definition) is 2. The molecule has 9 heavy (non-hydrogen) atoms. The van der Waals surface area contributed by atoms with Gasteiger partial charge < -0.3 is 4.74 Å². The molecule has 50 valence electrons. The molecule has 0 amide bonds. The molecule has 2 nitrogen and oxygen atoms in total. The molecule has 0 heterocycles. The second kappa shape index (κ2) is 5.09. The molecule has 0 saturated carbocycles. The predicted molar refractivity (Wildman–Crippen MR) is 39.5 cm³/mol. The Bertz CT molecular complexity index is 136. The Kier molecular flexibility index (Phi) is 4.50. The molecule has 0 aliphatic rings. The lowest BCUT2D eigenvalue weighted by atomic mass is 10.6. The van der Waals surface area contributed by atoms with Crippen molar-refractivity contribution in [2.75, 3.05) is 7.11 Å². The molecule has 0 saturated heterocycles. The summed E-state index contributed by atoms with van der Waals surface area (Å²) in [7, 11) is 1.58. The molecule has 0 unspecified atom stereocenters. The molecule has 0 radical (unpaired) electrons. The summed E-state index contributed by atoms with van der Waals surface area (Å²) in [5.41, 5.74) is 0. The van der Waals surface area contributed by atoms with Gasteiger partial charge in [-0.2, -0.15) is 0 Å². The lowest BCUT2D eigenvalue weighted by Crippen LogP contribution is -1.90. The fourth-order valence-corrected chi connectivity index (χ4v) is 0.262. The van der Waals surface area contributed by atoms with Crippen molar-refractivity contribution in [3.63, 3.8) is 0 Å². The van der Waals surface area contributed by atoms with Crippen molar-refractivity contribution < 1.29 is 4.74 Å². The molecule has 0 rings (SSSR count). The quantitative estimate of drug-likeness (QED) is 0.313. The summed E-state index contributed by atoms with van der Waals surface area (Å²) < 4.78 is 4.76. The Morgan fingerprint density at radius 3 is 2.78 bits per heavy atom. The number of ether oxygens (including phenoxy) is 1. The number of allylic oxidation sites excluding steroid dienone is 2. The maximum Gasteiger partial charge on any atom is 0.184 e. The molecule has 0 aliphatic carbocycles. The fraction of sp³-hybridized carbons (Fsp3) is 0.286. The van der Waals surface area contributed by atoms with Gasteiger partial charge in [0, 0.05) is 13.1 Å². The monoisotopic (exact) mass is 125 g/mol. The highest BCUT2D eigenvalue weighted by atomic mass is 16.5. The summed E-state index contributed by atoms with van der Waals surface area (Å²) in [5.74, 6) is 0.646. The molecule has 0 atom stereocenters. The fourth-order valence-electron chi connectivity index (χ4n) is 0.262. The molecule has 0 bridgehead atoms. The first-order valence-corrected chi connectivity index (χ1v) is 2.67. The normalized spacial score (nSPS) is 12.0. The van der Waals surface area contributed by atoms with E-state index in [9.17, 15) is 0 Å². The summed E-state index contributed by atoms with van der Waals surface area (Å²) in [6.07, 6.45) is 5.03. The smallest absolute Gasteiger partial charge is 0.184 e. The van der Waals surface area contributed by atoms with Gasteiger partial charge in [-0.05, 0) is 6.08 Å². The number of hydrogen-bond donors (Lipinski definition) is 0. The molecule has 0 aromatic rings. The van der Waals surface area contributed by atoms with E-state index < -0.39 is 0 Å². The van der Waals surface area contributed by atoms with E-state index in [4.69, 9.17) is 4.74 Å². The van der Waals surface area contributed by atoms with E-state index in [-0.39, 0.29) is 0 Å². The molecule has 0 aromatic heterocycles. The first kappa shape index (κ1) is 7.95. The van der Waals surface area contributed by atoms with Crippen molar-refractivity contribution >= 4 is 5.90 Å². The number of nitrogens with zero attached hydrogens (tertiary/aromatic N) is 1. The zero-order valence-electron chi connectivity index (χ0n) is 5.79. The van der Waals surface area contributed by atoms with Crippen molar-refractivity contribution in [2.45, 2.75) is 6.92 Å². The summed E-state index contributed by atoms with van der Waals surface area (Å²) in [6.45, 7) is 5.27. The van der Waals surface area contributed by atoms with Crippen LogP contribution in [0.5, 0.6) is 0 Å². The third-order valence-electron chi connectivity index (χ3n) is 0.774. The van der Waals surface area contributed by atoms with Gasteiger partial charge in [-0.15, -0.1) is 0 Å². The first-order valence-electron chi connectivity index (χ1n) is 2.67. The summed E-state index contributed by atoms with van der Waals surface area (Å²) >= 11 is 0. The minimum absolute atomic E-state index is 0.646. The van der Waals surface area contributed by atoms with Crippen LogP contribution in [0.2, 0.25) is 0 Å². The molecule has 0 N–H and O–H groups in total. The van der Waals surface area contributed by atoms with Crippen LogP contribution in [0.15, 0.2) is 29.9 Å². The van der Waals surface area contributed by atoms with Crippen molar-refractivity contribution in [2.24, 2.45) is 4.99 Å². The molecule has 0 fully saturated rings. The maximum atomic E-state index is 4.76. The summed E-state index contributed by atoms with van der Waals surface area (Å²) in [4.78, 5) is 3.88. The van der Waals surface area contributed by atoms with Gasteiger partial charge in [0.15, 0.2) is 5.90 Å². The first-order chi connectivity index (χ1) is 4.31. The average Bonchev–Trinajstić information content (AvgIpc) is 1.89. The van der Waals surface area contributed by atoms with Crippen molar-refractivity contribution in [3.8, 4) is 0 Å². The van der Waals surface area contributed by atoms with Crippen LogP contribution < -0.4 is 0 Å². The highest BCUT2D eigenvalue weighted by Gasteiger charge is 1.77. The predicted octanol–water partition coefficient (Wildman–Crippen LogP) is 1.75. The van der Waals surface area contributed by atoms with Crippen LogP contribution in [-0.2, 0) is 4.74 Å². The minimum atomic E-state index is 0.646. The standard InChI is InChI=1S/C7H11NO/c1-4-5-6-8-7(2)9-3/h4-6H,1H2,2-3H3/b6-5-,8-7?.